The molecule has 7 nitrogen and oxygen atoms in total. The number of guanidine groups is 1. The first-order chi connectivity index (χ1) is 15.3. The zero-order valence-electron chi connectivity index (χ0n) is 18.6. The van der Waals surface area contributed by atoms with E-state index in [1.54, 1.807) is 7.05 Å². The minimum Gasteiger partial charge on any atom is -0.490 e. The minimum atomic E-state index is 0. The lowest BCUT2D eigenvalue weighted by Crippen LogP contribution is -2.37. The van der Waals surface area contributed by atoms with Crippen LogP contribution < -0.4 is 20.1 Å². The van der Waals surface area contributed by atoms with Crippen molar-refractivity contribution >= 4 is 29.9 Å². The Balaban J connectivity index is 0.00000289. The molecule has 1 saturated heterocycles. The van der Waals surface area contributed by atoms with Crippen LogP contribution in [0.4, 0.5) is 0 Å². The van der Waals surface area contributed by atoms with Crippen LogP contribution in [0.1, 0.15) is 23.1 Å². The number of morpholine rings is 1. The lowest BCUT2D eigenvalue weighted by molar-refractivity contribution is 0.0341. The highest BCUT2D eigenvalue weighted by atomic mass is 127. The van der Waals surface area contributed by atoms with Crippen molar-refractivity contribution < 1.29 is 14.2 Å². The molecule has 0 bridgehead atoms. The molecule has 2 N–H and O–H groups in total. The van der Waals surface area contributed by atoms with Gasteiger partial charge in [-0.15, -0.1) is 24.0 Å². The van der Waals surface area contributed by atoms with E-state index in [0.29, 0.717) is 19.8 Å². The van der Waals surface area contributed by atoms with Crippen molar-refractivity contribution in [1.29, 1.82) is 0 Å². The first kappa shape index (κ1) is 24.6. The molecule has 8 heteroatoms. The van der Waals surface area contributed by atoms with Crippen molar-refractivity contribution in [3.05, 3.63) is 59.2 Å². The number of fused-ring (bicyclic) bond motifs is 1. The van der Waals surface area contributed by atoms with E-state index in [1.807, 2.05) is 12.1 Å². The molecule has 2 aliphatic heterocycles. The summed E-state index contributed by atoms with van der Waals surface area (Å²) in [4.78, 5) is 6.82. The summed E-state index contributed by atoms with van der Waals surface area (Å²) >= 11 is 0. The molecule has 0 atom stereocenters. The van der Waals surface area contributed by atoms with Gasteiger partial charge in [-0.25, -0.2) is 0 Å². The number of halogens is 1. The number of nitrogens with zero attached hydrogens (tertiary/aromatic N) is 2. The molecule has 0 amide bonds. The van der Waals surface area contributed by atoms with Crippen molar-refractivity contribution in [2.24, 2.45) is 4.99 Å². The van der Waals surface area contributed by atoms with Gasteiger partial charge in [0.1, 0.15) is 0 Å². The highest BCUT2D eigenvalue weighted by molar-refractivity contribution is 14.0. The summed E-state index contributed by atoms with van der Waals surface area (Å²) in [5, 5.41) is 6.84. The molecule has 0 spiro atoms. The van der Waals surface area contributed by atoms with Crippen LogP contribution in [0.3, 0.4) is 0 Å². The summed E-state index contributed by atoms with van der Waals surface area (Å²) in [6.07, 6.45) is 0.909. The van der Waals surface area contributed by atoms with Crippen molar-refractivity contribution in [1.82, 2.24) is 15.5 Å². The fourth-order valence-electron chi connectivity index (χ4n) is 3.79. The van der Waals surface area contributed by atoms with Gasteiger partial charge in [0, 0.05) is 46.2 Å². The van der Waals surface area contributed by atoms with Gasteiger partial charge in [0.2, 0.25) is 0 Å². The average Bonchev–Trinajstić information content (AvgIpc) is 3.06. The second-order valence-corrected chi connectivity index (χ2v) is 7.77. The van der Waals surface area contributed by atoms with Crippen LogP contribution in [0, 0.1) is 0 Å². The lowest BCUT2D eigenvalue weighted by atomic mass is 10.1. The molecule has 0 aromatic heterocycles. The average molecular weight is 552 g/mol. The summed E-state index contributed by atoms with van der Waals surface area (Å²) in [6.45, 7) is 7.33. The molecule has 2 heterocycles. The van der Waals surface area contributed by atoms with Crippen LogP contribution in [0.2, 0.25) is 0 Å². The summed E-state index contributed by atoms with van der Waals surface area (Å²) in [7, 11) is 1.79. The molecule has 2 aliphatic rings. The summed E-state index contributed by atoms with van der Waals surface area (Å²) < 4.78 is 17.0. The maximum Gasteiger partial charge on any atom is 0.191 e. The first-order valence-corrected chi connectivity index (χ1v) is 11.0. The van der Waals surface area contributed by atoms with E-state index in [2.05, 4.69) is 50.9 Å². The molecule has 0 unspecified atom stereocenters. The minimum absolute atomic E-state index is 0. The number of benzene rings is 2. The quantitative estimate of drug-likeness (QED) is 0.326. The second kappa shape index (κ2) is 12.9. The van der Waals surface area contributed by atoms with Gasteiger partial charge in [0.05, 0.1) is 26.4 Å². The van der Waals surface area contributed by atoms with E-state index < -0.39 is 0 Å². The third kappa shape index (κ3) is 6.98. The number of nitrogens with one attached hydrogen (secondary N) is 2. The Morgan fingerprint density at radius 2 is 1.62 bits per heavy atom. The van der Waals surface area contributed by atoms with Gasteiger partial charge < -0.3 is 24.8 Å². The third-order valence-corrected chi connectivity index (χ3v) is 5.56. The third-order valence-electron chi connectivity index (χ3n) is 5.56. The molecular formula is C24H33IN4O3. The van der Waals surface area contributed by atoms with Gasteiger partial charge in [-0.3, -0.25) is 9.89 Å². The van der Waals surface area contributed by atoms with E-state index in [-0.39, 0.29) is 24.0 Å². The van der Waals surface area contributed by atoms with Gasteiger partial charge in [0.25, 0.3) is 0 Å². The van der Waals surface area contributed by atoms with Crippen molar-refractivity contribution in [3.63, 3.8) is 0 Å². The molecule has 174 valence electrons. The standard InChI is InChI=1S/C24H32N4O3.HI/c1-25-24(26-16-19-7-8-22-23(15-19)31-12-4-11-30-22)27-17-20-5-2-3-6-21(20)18-28-9-13-29-14-10-28;/h2-3,5-8,15H,4,9-14,16-18H2,1H3,(H2,25,26,27);1H. The predicted molar refractivity (Wildman–Crippen MR) is 137 cm³/mol. The molecular weight excluding hydrogens is 519 g/mol. The molecule has 1 fully saturated rings. The van der Waals surface area contributed by atoms with Gasteiger partial charge in [0.15, 0.2) is 17.5 Å². The molecule has 4 rings (SSSR count). The Bertz CT molecular complexity index is 887. The number of ether oxygens (including phenoxy) is 3. The van der Waals surface area contributed by atoms with Crippen LogP contribution in [0.15, 0.2) is 47.5 Å². The SMILES string of the molecule is CN=C(NCc1ccc2c(c1)OCCCO2)NCc1ccccc1CN1CCOCC1.I. The highest BCUT2D eigenvalue weighted by Gasteiger charge is 2.13. The topological polar surface area (TPSA) is 67.4 Å². The van der Waals surface area contributed by atoms with Crippen LogP contribution in [0.5, 0.6) is 11.5 Å². The highest BCUT2D eigenvalue weighted by Crippen LogP contribution is 2.30. The van der Waals surface area contributed by atoms with Crippen LogP contribution in [-0.4, -0.2) is 57.4 Å². The maximum atomic E-state index is 5.79. The Labute approximate surface area is 207 Å². The van der Waals surface area contributed by atoms with E-state index >= 15 is 0 Å². The second-order valence-electron chi connectivity index (χ2n) is 7.77. The molecule has 32 heavy (non-hydrogen) atoms. The Morgan fingerprint density at radius 1 is 0.906 bits per heavy atom. The largest absolute Gasteiger partial charge is 0.490 e. The zero-order chi connectivity index (χ0) is 21.3. The van der Waals surface area contributed by atoms with E-state index in [4.69, 9.17) is 14.2 Å². The maximum absolute atomic E-state index is 5.79. The smallest absolute Gasteiger partial charge is 0.191 e. The normalized spacial score (nSPS) is 16.6. The molecule has 0 radical (unpaired) electrons. The molecule has 0 aliphatic carbocycles. The lowest BCUT2D eigenvalue weighted by Gasteiger charge is -2.27. The van der Waals surface area contributed by atoms with Crippen molar-refractivity contribution in [2.75, 3.05) is 46.6 Å². The Morgan fingerprint density at radius 3 is 2.41 bits per heavy atom. The fraction of sp³-hybridized carbons (Fsp3) is 0.458. The summed E-state index contributed by atoms with van der Waals surface area (Å²) in [6, 6.07) is 14.7. The van der Waals surface area contributed by atoms with Gasteiger partial charge >= 0.3 is 0 Å². The zero-order valence-corrected chi connectivity index (χ0v) is 21.0. The summed E-state index contributed by atoms with van der Waals surface area (Å²) in [5.41, 5.74) is 3.75. The Kier molecular flexibility index (Phi) is 9.89. The van der Waals surface area contributed by atoms with E-state index in [0.717, 1.165) is 68.8 Å². The number of rotatable bonds is 6. The van der Waals surface area contributed by atoms with E-state index in [9.17, 15) is 0 Å². The number of hydrogen-bond acceptors (Lipinski definition) is 5. The summed E-state index contributed by atoms with van der Waals surface area (Å²) in [5.74, 6) is 2.41. The predicted octanol–water partition coefficient (Wildman–Crippen LogP) is 3.16. The van der Waals surface area contributed by atoms with Gasteiger partial charge in [-0.1, -0.05) is 30.3 Å². The first-order valence-electron chi connectivity index (χ1n) is 11.0. The monoisotopic (exact) mass is 552 g/mol. The Hall–Kier alpha value is -2.04. The van der Waals surface area contributed by atoms with Crippen LogP contribution >= 0.6 is 24.0 Å². The van der Waals surface area contributed by atoms with Crippen molar-refractivity contribution in [3.8, 4) is 11.5 Å². The molecule has 2 aromatic carbocycles. The van der Waals surface area contributed by atoms with Crippen molar-refractivity contribution in [2.45, 2.75) is 26.1 Å². The fourth-order valence-corrected chi connectivity index (χ4v) is 3.79. The molecule has 2 aromatic rings. The molecule has 0 saturated carbocycles. The van der Waals surface area contributed by atoms with E-state index in [1.165, 1.54) is 11.1 Å². The van der Waals surface area contributed by atoms with Crippen LogP contribution in [-0.2, 0) is 24.4 Å². The van der Waals surface area contributed by atoms with Gasteiger partial charge in [-0.2, -0.15) is 0 Å². The van der Waals surface area contributed by atoms with Gasteiger partial charge in [-0.05, 0) is 28.8 Å². The number of aliphatic imine (C=N–C) groups is 1. The number of hydrogen-bond donors (Lipinski definition) is 2. The van der Waals surface area contributed by atoms with Crippen LogP contribution in [0.25, 0.3) is 0 Å².